The van der Waals surface area contributed by atoms with Crippen molar-refractivity contribution in [2.24, 2.45) is 0 Å². The lowest BCUT2D eigenvalue weighted by Gasteiger charge is -2.30. The van der Waals surface area contributed by atoms with Gasteiger partial charge < -0.3 is 20.1 Å². The molecule has 1 aliphatic heterocycles. The van der Waals surface area contributed by atoms with Crippen LogP contribution in [-0.2, 0) is 4.79 Å². The standard InChI is InChI=1S/C27H25ClN2O3/c1-32-24-12-11-16(15-25(24)33-2)27-26-22(29-20-9-5-6-10-21(20)30-27)13-17(14-23(26)31)18-7-3-4-8-19(18)28/h3-12,15,17,27,29-30H,13-14H2,1-2H3/t17-,27+/m0/s1. The SMILES string of the molecule is COc1ccc([C@H]2Nc3ccccc3NC3=C2C(=O)C[C@@H](c2ccccc2Cl)C3)cc1OC. The zero-order valence-corrected chi connectivity index (χ0v) is 19.3. The molecule has 2 aliphatic rings. The van der Waals surface area contributed by atoms with E-state index in [-0.39, 0.29) is 17.7 Å². The summed E-state index contributed by atoms with van der Waals surface area (Å²) in [5.41, 5.74) is 5.50. The molecule has 0 radical (unpaired) electrons. The monoisotopic (exact) mass is 460 g/mol. The second kappa shape index (κ2) is 8.83. The number of benzene rings is 3. The summed E-state index contributed by atoms with van der Waals surface area (Å²) < 4.78 is 10.9. The minimum atomic E-state index is -0.323. The number of ether oxygens (including phenoxy) is 2. The molecule has 6 heteroatoms. The highest BCUT2D eigenvalue weighted by atomic mass is 35.5. The number of allylic oxidation sites excluding steroid dienone is 1. The Labute approximate surface area is 198 Å². The van der Waals surface area contributed by atoms with Gasteiger partial charge in [-0.2, -0.15) is 0 Å². The topological polar surface area (TPSA) is 59.6 Å². The summed E-state index contributed by atoms with van der Waals surface area (Å²) in [7, 11) is 3.23. The van der Waals surface area contributed by atoms with Crippen LogP contribution in [-0.4, -0.2) is 20.0 Å². The third-order valence-electron chi connectivity index (χ3n) is 6.39. The van der Waals surface area contributed by atoms with Crippen LogP contribution in [0.2, 0.25) is 5.02 Å². The van der Waals surface area contributed by atoms with Gasteiger partial charge in [0, 0.05) is 22.7 Å². The second-order valence-electron chi connectivity index (χ2n) is 8.30. The van der Waals surface area contributed by atoms with E-state index in [0.29, 0.717) is 29.4 Å². The highest BCUT2D eigenvalue weighted by molar-refractivity contribution is 6.31. The summed E-state index contributed by atoms with van der Waals surface area (Å²) in [6.07, 6.45) is 1.11. The molecule has 0 unspecified atom stereocenters. The molecule has 0 aromatic heterocycles. The smallest absolute Gasteiger partial charge is 0.163 e. The van der Waals surface area contributed by atoms with Crippen LogP contribution in [0.3, 0.4) is 0 Å². The molecule has 1 aliphatic carbocycles. The van der Waals surface area contributed by atoms with Crippen LogP contribution in [0.15, 0.2) is 78.0 Å². The molecule has 0 bridgehead atoms. The molecule has 5 nitrogen and oxygen atoms in total. The maximum atomic E-state index is 13.7. The summed E-state index contributed by atoms with van der Waals surface area (Å²) in [6, 6.07) is 21.3. The van der Waals surface area contributed by atoms with Crippen LogP contribution in [0.5, 0.6) is 11.5 Å². The van der Waals surface area contributed by atoms with Gasteiger partial charge in [-0.25, -0.2) is 0 Å². The number of para-hydroxylation sites is 2. The van der Waals surface area contributed by atoms with Crippen molar-refractivity contribution in [1.82, 2.24) is 0 Å². The highest BCUT2D eigenvalue weighted by Crippen LogP contribution is 2.46. The number of carbonyl (C=O) groups excluding carboxylic acids is 1. The van der Waals surface area contributed by atoms with Gasteiger partial charge in [-0.15, -0.1) is 0 Å². The van der Waals surface area contributed by atoms with E-state index in [0.717, 1.165) is 33.8 Å². The molecule has 0 amide bonds. The second-order valence-corrected chi connectivity index (χ2v) is 8.71. The molecular weight excluding hydrogens is 436 g/mol. The number of rotatable bonds is 4. The van der Waals surface area contributed by atoms with Crippen LogP contribution in [0.4, 0.5) is 11.4 Å². The van der Waals surface area contributed by atoms with Gasteiger partial charge in [0.05, 0.1) is 31.6 Å². The first-order valence-corrected chi connectivity index (χ1v) is 11.3. The van der Waals surface area contributed by atoms with E-state index < -0.39 is 0 Å². The van der Waals surface area contributed by atoms with E-state index in [2.05, 4.69) is 10.6 Å². The zero-order valence-electron chi connectivity index (χ0n) is 18.5. The van der Waals surface area contributed by atoms with Crippen molar-refractivity contribution in [3.05, 3.63) is 94.1 Å². The number of carbonyl (C=O) groups is 1. The van der Waals surface area contributed by atoms with Crippen molar-refractivity contribution in [2.75, 3.05) is 24.9 Å². The normalized spacial score (nSPS) is 19.5. The minimum absolute atomic E-state index is 0.0220. The van der Waals surface area contributed by atoms with Gasteiger partial charge in [0.1, 0.15) is 0 Å². The van der Waals surface area contributed by atoms with E-state index in [1.165, 1.54) is 0 Å². The molecule has 2 atom stereocenters. The summed E-state index contributed by atoms with van der Waals surface area (Å²) in [5, 5.41) is 7.85. The number of nitrogens with one attached hydrogen (secondary N) is 2. The molecule has 1 heterocycles. The van der Waals surface area contributed by atoms with E-state index in [9.17, 15) is 4.79 Å². The first kappa shape index (κ1) is 21.4. The summed E-state index contributed by atoms with van der Waals surface area (Å²) in [4.78, 5) is 13.7. The quantitative estimate of drug-likeness (QED) is 0.476. The number of ketones is 1. The number of hydrogen-bond donors (Lipinski definition) is 2. The van der Waals surface area contributed by atoms with Crippen molar-refractivity contribution in [3.63, 3.8) is 0 Å². The summed E-state index contributed by atoms with van der Waals surface area (Å²) in [5.74, 6) is 1.40. The molecule has 0 saturated heterocycles. The fraction of sp³-hybridized carbons (Fsp3) is 0.222. The molecule has 168 valence electrons. The minimum Gasteiger partial charge on any atom is -0.493 e. The first-order valence-electron chi connectivity index (χ1n) is 10.9. The van der Waals surface area contributed by atoms with Crippen molar-refractivity contribution >= 4 is 28.8 Å². The third-order valence-corrected chi connectivity index (χ3v) is 6.74. The van der Waals surface area contributed by atoms with Gasteiger partial charge >= 0.3 is 0 Å². The van der Waals surface area contributed by atoms with Gasteiger partial charge in [-0.1, -0.05) is 48.0 Å². The number of methoxy groups -OCH3 is 2. The van der Waals surface area contributed by atoms with E-state index >= 15 is 0 Å². The first-order chi connectivity index (χ1) is 16.1. The molecule has 0 fully saturated rings. The summed E-state index contributed by atoms with van der Waals surface area (Å²) >= 11 is 6.49. The van der Waals surface area contributed by atoms with Gasteiger partial charge in [0.2, 0.25) is 0 Å². The maximum Gasteiger partial charge on any atom is 0.163 e. The van der Waals surface area contributed by atoms with Gasteiger partial charge in [-0.3, -0.25) is 4.79 Å². The molecule has 3 aromatic carbocycles. The van der Waals surface area contributed by atoms with Crippen molar-refractivity contribution in [1.29, 1.82) is 0 Å². The molecule has 5 rings (SSSR count). The van der Waals surface area contributed by atoms with Crippen LogP contribution in [0, 0.1) is 0 Å². The Balaban J connectivity index is 1.63. The average Bonchev–Trinajstić information content (AvgIpc) is 3.00. The largest absolute Gasteiger partial charge is 0.493 e. The molecule has 0 spiro atoms. The Morgan fingerprint density at radius 3 is 2.36 bits per heavy atom. The fourth-order valence-electron chi connectivity index (χ4n) is 4.80. The predicted molar refractivity (Wildman–Crippen MR) is 131 cm³/mol. The van der Waals surface area contributed by atoms with E-state index in [1.54, 1.807) is 14.2 Å². The van der Waals surface area contributed by atoms with Crippen molar-refractivity contribution < 1.29 is 14.3 Å². The van der Waals surface area contributed by atoms with Gasteiger partial charge in [0.15, 0.2) is 17.3 Å². The molecule has 3 aromatic rings. The average molecular weight is 461 g/mol. The van der Waals surface area contributed by atoms with Crippen LogP contribution < -0.4 is 20.1 Å². The van der Waals surface area contributed by atoms with Gasteiger partial charge in [0.25, 0.3) is 0 Å². The lowest BCUT2D eigenvalue weighted by atomic mass is 9.78. The van der Waals surface area contributed by atoms with E-state index in [4.69, 9.17) is 21.1 Å². The number of Topliss-reactive ketones (excluding diaryl/α,β-unsaturated/α-hetero) is 1. The number of anilines is 2. The number of fused-ring (bicyclic) bond motifs is 1. The molecule has 2 N–H and O–H groups in total. The van der Waals surface area contributed by atoms with Crippen LogP contribution >= 0.6 is 11.6 Å². The third kappa shape index (κ3) is 3.93. The fourth-order valence-corrected chi connectivity index (χ4v) is 5.09. The van der Waals surface area contributed by atoms with E-state index in [1.807, 2.05) is 66.7 Å². The molecule has 0 saturated carbocycles. The Morgan fingerprint density at radius 2 is 1.61 bits per heavy atom. The van der Waals surface area contributed by atoms with Crippen LogP contribution in [0.1, 0.15) is 35.9 Å². The Kier molecular flexibility index (Phi) is 5.73. The van der Waals surface area contributed by atoms with Gasteiger partial charge in [-0.05, 0) is 53.8 Å². The lowest BCUT2D eigenvalue weighted by Crippen LogP contribution is -2.27. The molecule has 33 heavy (non-hydrogen) atoms. The van der Waals surface area contributed by atoms with Crippen LogP contribution in [0.25, 0.3) is 0 Å². The molecular formula is C27H25ClN2O3. The predicted octanol–water partition coefficient (Wildman–Crippen LogP) is 6.34. The Bertz CT molecular complexity index is 1250. The van der Waals surface area contributed by atoms with Crippen molar-refractivity contribution in [3.8, 4) is 11.5 Å². The number of hydrogen-bond acceptors (Lipinski definition) is 5. The Morgan fingerprint density at radius 1 is 0.879 bits per heavy atom. The summed E-state index contributed by atoms with van der Waals surface area (Å²) in [6.45, 7) is 0. The Hall–Kier alpha value is -3.44. The lowest BCUT2D eigenvalue weighted by molar-refractivity contribution is -0.116. The zero-order chi connectivity index (χ0) is 22.9. The van der Waals surface area contributed by atoms with Crippen molar-refractivity contribution in [2.45, 2.75) is 24.8 Å². The maximum absolute atomic E-state index is 13.7. The highest BCUT2D eigenvalue weighted by Gasteiger charge is 2.36. The number of halogens is 1.